The average Bonchev–Trinajstić information content (AvgIpc) is 3.33. The molecule has 0 radical (unpaired) electrons. The lowest BCUT2D eigenvalue weighted by molar-refractivity contribution is 0.625. The van der Waals surface area contributed by atoms with Gasteiger partial charge >= 0.3 is 0 Å². The predicted octanol–water partition coefficient (Wildman–Crippen LogP) is 3.14. The molecular weight excluding hydrogens is 361 g/mol. The van der Waals surface area contributed by atoms with Crippen LogP contribution >= 0.6 is 11.3 Å². The van der Waals surface area contributed by atoms with E-state index in [1.54, 1.807) is 24.5 Å². The SMILES string of the molecule is CN=C(NCCc1csc(N2CCCC2)n1)NCCc1ccc(F)cc1C. The molecule has 0 amide bonds. The zero-order chi connectivity index (χ0) is 19.1. The third kappa shape index (κ3) is 5.66. The summed E-state index contributed by atoms with van der Waals surface area (Å²) in [7, 11) is 1.77. The van der Waals surface area contributed by atoms with Gasteiger partial charge < -0.3 is 15.5 Å². The lowest BCUT2D eigenvalue weighted by Gasteiger charge is -2.13. The molecule has 2 aromatic rings. The smallest absolute Gasteiger partial charge is 0.190 e. The summed E-state index contributed by atoms with van der Waals surface area (Å²) in [5, 5.41) is 9.96. The summed E-state index contributed by atoms with van der Waals surface area (Å²) >= 11 is 1.74. The molecule has 2 heterocycles. The molecule has 3 rings (SSSR count). The highest BCUT2D eigenvalue weighted by Crippen LogP contribution is 2.24. The van der Waals surface area contributed by atoms with Crippen molar-refractivity contribution in [1.29, 1.82) is 0 Å². The standard InChI is InChI=1S/C20H28FN5S/c1-15-13-17(21)6-5-16(15)7-9-23-19(22-2)24-10-8-18-14-27-20(25-18)26-11-3-4-12-26/h5-6,13-14H,3-4,7-12H2,1-2H3,(H2,22,23,24). The van der Waals surface area contributed by atoms with Crippen LogP contribution in [0, 0.1) is 12.7 Å². The largest absolute Gasteiger partial charge is 0.356 e. The summed E-state index contributed by atoms with van der Waals surface area (Å²) in [6.45, 7) is 5.75. The molecule has 146 valence electrons. The number of anilines is 1. The van der Waals surface area contributed by atoms with Crippen molar-refractivity contribution in [2.75, 3.05) is 38.1 Å². The maximum atomic E-state index is 13.2. The van der Waals surface area contributed by atoms with E-state index in [4.69, 9.17) is 4.98 Å². The Kier molecular flexibility index (Phi) is 7.04. The van der Waals surface area contributed by atoms with Gasteiger partial charge in [0.25, 0.3) is 0 Å². The number of aliphatic imine (C=N–C) groups is 1. The molecule has 0 bridgehead atoms. The van der Waals surface area contributed by atoms with E-state index < -0.39 is 0 Å². The van der Waals surface area contributed by atoms with E-state index in [1.165, 1.54) is 18.9 Å². The van der Waals surface area contributed by atoms with Crippen molar-refractivity contribution in [2.45, 2.75) is 32.6 Å². The summed E-state index contributed by atoms with van der Waals surface area (Å²) in [6, 6.07) is 4.94. The van der Waals surface area contributed by atoms with E-state index in [0.717, 1.165) is 66.9 Å². The first-order chi connectivity index (χ1) is 13.2. The van der Waals surface area contributed by atoms with Crippen molar-refractivity contribution in [2.24, 2.45) is 4.99 Å². The van der Waals surface area contributed by atoms with Crippen molar-refractivity contribution in [3.8, 4) is 0 Å². The number of hydrogen-bond donors (Lipinski definition) is 2. The van der Waals surface area contributed by atoms with Crippen LogP contribution in [0.25, 0.3) is 0 Å². The van der Waals surface area contributed by atoms with E-state index in [0.29, 0.717) is 0 Å². The lowest BCUT2D eigenvalue weighted by Crippen LogP contribution is -2.39. The zero-order valence-corrected chi connectivity index (χ0v) is 16.9. The molecule has 1 aliphatic heterocycles. The van der Waals surface area contributed by atoms with Gasteiger partial charge in [0.2, 0.25) is 0 Å². The topological polar surface area (TPSA) is 52.6 Å². The number of guanidine groups is 1. The Hall–Kier alpha value is -2.15. The Morgan fingerprint density at radius 2 is 1.96 bits per heavy atom. The number of benzene rings is 1. The fraction of sp³-hybridized carbons (Fsp3) is 0.500. The predicted molar refractivity (Wildman–Crippen MR) is 111 cm³/mol. The molecule has 7 heteroatoms. The maximum absolute atomic E-state index is 13.2. The van der Waals surface area contributed by atoms with E-state index in [9.17, 15) is 4.39 Å². The molecule has 1 aromatic heterocycles. The first-order valence-electron chi connectivity index (χ1n) is 9.54. The maximum Gasteiger partial charge on any atom is 0.190 e. The second-order valence-electron chi connectivity index (χ2n) is 6.81. The fourth-order valence-electron chi connectivity index (χ4n) is 3.25. The van der Waals surface area contributed by atoms with E-state index in [1.807, 2.05) is 13.0 Å². The summed E-state index contributed by atoms with van der Waals surface area (Å²) in [5.74, 6) is 0.598. The molecule has 2 N–H and O–H groups in total. The van der Waals surface area contributed by atoms with Gasteiger partial charge in [-0.25, -0.2) is 9.37 Å². The molecular formula is C20H28FN5S. The molecule has 0 spiro atoms. The lowest BCUT2D eigenvalue weighted by atomic mass is 10.1. The number of rotatable bonds is 7. The molecule has 1 saturated heterocycles. The summed E-state index contributed by atoms with van der Waals surface area (Å²) < 4.78 is 13.2. The van der Waals surface area contributed by atoms with Gasteiger partial charge in [-0.2, -0.15) is 0 Å². The van der Waals surface area contributed by atoms with E-state index in [-0.39, 0.29) is 5.82 Å². The minimum atomic E-state index is -0.184. The van der Waals surface area contributed by atoms with Crippen LogP contribution in [0.15, 0.2) is 28.6 Å². The minimum absolute atomic E-state index is 0.184. The van der Waals surface area contributed by atoms with Crippen molar-refractivity contribution >= 4 is 22.4 Å². The van der Waals surface area contributed by atoms with Gasteiger partial charge in [-0.3, -0.25) is 4.99 Å². The van der Waals surface area contributed by atoms with Crippen molar-refractivity contribution < 1.29 is 4.39 Å². The summed E-state index contributed by atoms with van der Waals surface area (Å²) in [4.78, 5) is 11.4. The highest BCUT2D eigenvalue weighted by Gasteiger charge is 2.15. The first kappa shape index (κ1) is 19.6. The fourth-order valence-corrected chi connectivity index (χ4v) is 4.16. The molecule has 0 atom stereocenters. The van der Waals surface area contributed by atoms with Crippen molar-refractivity contribution in [3.63, 3.8) is 0 Å². The van der Waals surface area contributed by atoms with Gasteiger partial charge in [-0.1, -0.05) is 6.07 Å². The number of aryl methyl sites for hydroxylation is 1. The van der Waals surface area contributed by atoms with Crippen LogP contribution in [0.2, 0.25) is 0 Å². The van der Waals surface area contributed by atoms with Crippen LogP contribution in [0.5, 0.6) is 0 Å². The van der Waals surface area contributed by atoms with E-state index >= 15 is 0 Å². The normalized spacial score (nSPS) is 14.6. The third-order valence-corrected chi connectivity index (χ3v) is 5.76. The minimum Gasteiger partial charge on any atom is -0.356 e. The zero-order valence-electron chi connectivity index (χ0n) is 16.1. The average molecular weight is 390 g/mol. The number of hydrogen-bond acceptors (Lipinski definition) is 4. The Bertz CT molecular complexity index is 767. The van der Waals surface area contributed by atoms with Crippen LogP contribution in [0.4, 0.5) is 9.52 Å². The van der Waals surface area contributed by atoms with Gasteiger partial charge in [0.05, 0.1) is 5.69 Å². The molecule has 1 aliphatic rings. The number of thiazole rings is 1. The highest BCUT2D eigenvalue weighted by molar-refractivity contribution is 7.13. The molecule has 27 heavy (non-hydrogen) atoms. The van der Waals surface area contributed by atoms with Gasteiger partial charge in [0, 0.05) is 45.0 Å². The molecule has 0 saturated carbocycles. The Balaban J connectivity index is 1.39. The number of nitrogens with zero attached hydrogens (tertiary/aromatic N) is 3. The second kappa shape index (κ2) is 9.69. The van der Waals surface area contributed by atoms with Crippen LogP contribution in [-0.4, -0.2) is 44.2 Å². The molecule has 0 aliphatic carbocycles. The molecule has 1 aromatic carbocycles. The van der Waals surface area contributed by atoms with Crippen molar-refractivity contribution in [1.82, 2.24) is 15.6 Å². The Labute approximate surface area is 164 Å². The first-order valence-corrected chi connectivity index (χ1v) is 10.4. The monoisotopic (exact) mass is 389 g/mol. The van der Waals surface area contributed by atoms with Gasteiger partial charge in [-0.15, -0.1) is 11.3 Å². The number of nitrogens with one attached hydrogen (secondary N) is 2. The van der Waals surface area contributed by atoms with E-state index in [2.05, 4.69) is 25.9 Å². The van der Waals surface area contributed by atoms with Crippen LogP contribution in [0.3, 0.4) is 0 Å². The summed E-state index contributed by atoms with van der Waals surface area (Å²) in [6.07, 6.45) is 4.26. The van der Waals surface area contributed by atoms with Crippen LogP contribution in [0.1, 0.15) is 29.7 Å². The van der Waals surface area contributed by atoms with Crippen molar-refractivity contribution in [3.05, 3.63) is 46.2 Å². The molecule has 5 nitrogen and oxygen atoms in total. The van der Waals surface area contributed by atoms with Gasteiger partial charge in [-0.05, 0) is 49.4 Å². The number of aromatic nitrogens is 1. The van der Waals surface area contributed by atoms with Crippen LogP contribution < -0.4 is 15.5 Å². The number of halogens is 1. The third-order valence-electron chi connectivity index (χ3n) is 4.80. The highest BCUT2D eigenvalue weighted by atomic mass is 32.1. The quantitative estimate of drug-likeness (QED) is 0.564. The molecule has 1 fully saturated rings. The Morgan fingerprint density at radius 3 is 2.67 bits per heavy atom. The Morgan fingerprint density at radius 1 is 1.22 bits per heavy atom. The van der Waals surface area contributed by atoms with Crippen LogP contribution in [-0.2, 0) is 12.8 Å². The van der Waals surface area contributed by atoms with Gasteiger partial charge in [0.15, 0.2) is 11.1 Å². The molecule has 0 unspecified atom stereocenters. The summed E-state index contributed by atoms with van der Waals surface area (Å²) in [5.41, 5.74) is 3.26. The second-order valence-corrected chi connectivity index (χ2v) is 7.65. The van der Waals surface area contributed by atoms with Gasteiger partial charge in [0.1, 0.15) is 5.82 Å².